The molecule has 124 valence electrons. The molecule has 2 heterocycles. The van der Waals surface area contributed by atoms with E-state index in [1.807, 2.05) is 6.20 Å². The number of nitrogens with zero attached hydrogens (tertiary/aromatic N) is 3. The van der Waals surface area contributed by atoms with Crippen LogP contribution in [0.25, 0.3) is 0 Å². The van der Waals surface area contributed by atoms with E-state index in [1.54, 1.807) is 11.3 Å². The van der Waals surface area contributed by atoms with Gasteiger partial charge in [-0.2, -0.15) is 0 Å². The van der Waals surface area contributed by atoms with E-state index in [0.717, 1.165) is 37.9 Å². The van der Waals surface area contributed by atoms with Gasteiger partial charge in [0.15, 0.2) is 5.13 Å². The Kier molecular flexibility index (Phi) is 5.51. The summed E-state index contributed by atoms with van der Waals surface area (Å²) in [6, 6.07) is 8.83. The maximum absolute atomic E-state index is 4.34. The minimum atomic E-state index is 1.01. The number of piperazine rings is 1. The SMILES string of the molecule is Cc1cccc(N2CCN(CCCNc3ncc(C)s3)CC2)c1. The third-order valence-corrected chi connectivity index (χ3v) is 5.16. The van der Waals surface area contributed by atoms with Crippen molar-refractivity contribution >= 4 is 22.2 Å². The Hall–Kier alpha value is -1.59. The van der Waals surface area contributed by atoms with Crippen molar-refractivity contribution in [3.63, 3.8) is 0 Å². The van der Waals surface area contributed by atoms with E-state index in [1.165, 1.54) is 29.1 Å². The van der Waals surface area contributed by atoms with Gasteiger partial charge in [-0.1, -0.05) is 12.1 Å². The molecule has 0 atom stereocenters. The number of hydrogen-bond donors (Lipinski definition) is 1. The zero-order valence-electron chi connectivity index (χ0n) is 14.1. The quantitative estimate of drug-likeness (QED) is 0.823. The predicted molar refractivity (Wildman–Crippen MR) is 99.8 cm³/mol. The van der Waals surface area contributed by atoms with Crippen molar-refractivity contribution in [2.24, 2.45) is 0 Å². The summed E-state index contributed by atoms with van der Waals surface area (Å²) in [4.78, 5) is 10.7. The molecule has 23 heavy (non-hydrogen) atoms. The fourth-order valence-electron chi connectivity index (χ4n) is 2.99. The number of aromatic nitrogens is 1. The van der Waals surface area contributed by atoms with E-state index in [0.29, 0.717) is 0 Å². The van der Waals surface area contributed by atoms with Crippen molar-refractivity contribution in [2.45, 2.75) is 20.3 Å². The van der Waals surface area contributed by atoms with E-state index in [-0.39, 0.29) is 0 Å². The average Bonchev–Trinajstić information content (AvgIpc) is 2.98. The Balaban J connectivity index is 1.36. The van der Waals surface area contributed by atoms with E-state index in [9.17, 15) is 0 Å². The summed E-state index contributed by atoms with van der Waals surface area (Å²) in [5.74, 6) is 0. The number of hydrogen-bond acceptors (Lipinski definition) is 5. The molecule has 1 N–H and O–H groups in total. The topological polar surface area (TPSA) is 31.4 Å². The van der Waals surface area contributed by atoms with Crippen LogP contribution in [0.2, 0.25) is 0 Å². The summed E-state index contributed by atoms with van der Waals surface area (Å²) in [5.41, 5.74) is 2.71. The third kappa shape index (κ3) is 4.69. The lowest BCUT2D eigenvalue weighted by Gasteiger charge is -2.36. The highest BCUT2D eigenvalue weighted by atomic mass is 32.1. The van der Waals surface area contributed by atoms with Crippen molar-refractivity contribution in [3.8, 4) is 0 Å². The number of benzene rings is 1. The zero-order chi connectivity index (χ0) is 16.1. The second kappa shape index (κ2) is 7.79. The Morgan fingerprint density at radius 3 is 2.70 bits per heavy atom. The second-order valence-corrected chi connectivity index (χ2v) is 7.46. The smallest absolute Gasteiger partial charge is 0.182 e. The molecule has 4 nitrogen and oxygen atoms in total. The number of anilines is 2. The number of thiazole rings is 1. The van der Waals surface area contributed by atoms with Crippen LogP contribution in [0, 0.1) is 13.8 Å². The molecule has 1 fully saturated rings. The number of nitrogens with one attached hydrogen (secondary N) is 1. The minimum Gasteiger partial charge on any atom is -0.369 e. The molecule has 1 aliphatic heterocycles. The van der Waals surface area contributed by atoms with Crippen LogP contribution >= 0.6 is 11.3 Å². The Bertz CT molecular complexity index is 617. The van der Waals surface area contributed by atoms with Crippen LogP contribution in [0.5, 0.6) is 0 Å². The molecule has 1 aromatic carbocycles. The van der Waals surface area contributed by atoms with Gasteiger partial charge in [0.1, 0.15) is 0 Å². The van der Waals surface area contributed by atoms with Crippen molar-refractivity contribution < 1.29 is 0 Å². The molecule has 0 bridgehead atoms. The van der Waals surface area contributed by atoms with Gasteiger partial charge in [-0.25, -0.2) is 4.98 Å². The molecule has 5 heteroatoms. The largest absolute Gasteiger partial charge is 0.369 e. The molecule has 0 saturated carbocycles. The number of aryl methyl sites for hydroxylation is 2. The first-order valence-corrected chi connectivity index (χ1v) is 9.22. The van der Waals surface area contributed by atoms with Crippen molar-refractivity contribution in [1.82, 2.24) is 9.88 Å². The van der Waals surface area contributed by atoms with E-state index >= 15 is 0 Å². The fourth-order valence-corrected chi connectivity index (χ4v) is 3.68. The van der Waals surface area contributed by atoms with Crippen LogP contribution in [-0.4, -0.2) is 49.2 Å². The molecule has 0 aliphatic carbocycles. The summed E-state index contributed by atoms with van der Waals surface area (Å²) >= 11 is 1.73. The number of rotatable bonds is 6. The third-order valence-electron chi connectivity index (χ3n) is 4.29. The van der Waals surface area contributed by atoms with Crippen LogP contribution in [-0.2, 0) is 0 Å². The van der Waals surface area contributed by atoms with Gasteiger partial charge < -0.3 is 10.2 Å². The van der Waals surface area contributed by atoms with Gasteiger partial charge in [0.05, 0.1) is 0 Å². The lowest BCUT2D eigenvalue weighted by Crippen LogP contribution is -2.46. The van der Waals surface area contributed by atoms with Gasteiger partial charge >= 0.3 is 0 Å². The van der Waals surface area contributed by atoms with Crippen molar-refractivity contribution in [2.75, 3.05) is 49.5 Å². The molecular weight excluding hydrogens is 304 g/mol. The first-order chi connectivity index (χ1) is 11.2. The van der Waals surface area contributed by atoms with Gasteiger partial charge in [-0.3, -0.25) is 4.90 Å². The summed E-state index contributed by atoms with van der Waals surface area (Å²) < 4.78 is 0. The highest BCUT2D eigenvalue weighted by Gasteiger charge is 2.16. The molecule has 2 aromatic rings. The van der Waals surface area contributed by atoms with E-state index < -0.39 is 0 Å². The molecule has 1 aromatic heterocycles. The van der Waals surface area contributed by atoms with Crippen LogP contribution < -0.4 is 10.2 Å². The Morgan fingerprint density at radius 2 is 2.00 bits per heavy atom. The molecular formula is C18H26N4S. The molecule has 3 rings (SSSR count). The van der Waals surface area contributed by atoms with Crippen molar-refractivity contribution in [1.29, 1.82) is 0 Å². The van der Waals surface area contributed by atoms with Gasteiger partial charge in [0.25, 0.3) is 0 Å². The van der Waals surface area contributed by atoms with Gasteiger partial charge in [0.2, 0.25) is 0 Å². The molecule has 1 saturated heterocycles. The van der Waals surface area contributed by atoms with E-state index in [4.69, 9.17) is 0 Å². The highest BCUT2D eigenvalue weighted by Crippen LogP contribution is 2.18. The monoisotopic (exact) mass is 330 g/mol. The van der Waals surface area contributed by atoms with Gasteiger partial charge in [0, 0.05) is 49.5 Å². The van der Waals surface area contributed by atoms with Crippen LogP contribution in [0.4, 0.5) is 10.8 Å². The lowest BCUT2D eigenvalue weighted by molar-refractivity contribution is 0.257. The summed E-state index contributed by atoms with van der Waals surface area (Å²) in [5, 5.41) is 4.46. The normalized spacial score (nSPS) is 15.8. The molecule has 0 amide bonds. The standard InChI is InChI=1S/C18H26N4S/c1-15-5-3-6-17(13-15)22-11-9-21(10-12-22)8-4-7-19-18-20-14-16(2)23-18/h3,5-6,13-14H,4,7-12H2,1-2H3,(H,19,20). The average molecular weight is 331 g/mol. The van der Waals surface area contributed by atoms with Gasteiger partial charge in [-0.05, 0) is 44.5 Å². The Morgan fingerprint density at radius 1 is 1.17 bits per heavy atom. The predicted octanol–water partition coefficient (Wildman–Crippen LogP) is 3.38. The first-order valence-electron chi connectivity index (χ1n) is 8.41. The molecule has 0 spiro atoms. The molecule has 0 radical (unpaired) electrons. The summed E-state index contributed by atoms with van der Waals surface area (Å²) in [6.07, 6.45) is 3.10. The van der Waals surface area contributed by atoms with E-state index in [2.05, 4.69) is 58.2 Å². The van der Waals surface area contributed by atoms with Crippen LogP contribution in [0.3, 0.4) is 0 Å². The highest BCUT2D eigenvalue weighted by molar-refractivity contribution is 7.15. The first kappa shape index (κ1) is 16.3. The molecule has 0 unspecified atom stereocenters. The minimum absolute atomic E-state index is 1.01. The van der Waals surface area contributed by atoms with Crippen LogP contribution in [0.1, 0.15) is 16.9 Å². The maximum atomic E-state index is 4.34. The van der Waals surface area contributed by atoms with Crippen LogP contribution in [0.15, 0.2) is 30.5 Å². The summed E-state index contributed by atoms with van der Waals surface area (Å²) in [7, 11) is 0. The maximum Gasteiger partial charge on any atom is 0.182 e. The Labute approximate surface area is 143 Å². The van der Waals surface area contributed by atoms with Gasteiger partial charge in [-0.15, -0.1) is 11.3 Å². The lowest BCUT2D eigenvalue weighted by atomic mass is 10.2. The fraction of sp³-hybridized carbons (Fsp3) is 0.500. The second-order valence-electron chi connectivity index (χ2n) is 6.22. The summed E-state index contributed by atoms with van der Waals surface area (Å²) in [6.45, 7) is 11.0. The zero-order valence-corrected chi connectivity index (χ0v) is 14.9. The van der Waals surface area contributed by atoms with Crippen molar-refractivity contribution in [3.05, 3.63) is 40.9 Å². The molecule has 1 aliphatic rings.